The van der Waals surface area contributed by atoms with Crippen LogP contribution < -0.4 is 0 Å². The molecule has 1 atom stereocenters. The van der Waals surface area contributed by atoms with Gasteiger partial charge in [0.1, 0.15) is 0 Å². The Morgan fingerprint density at radius 2 is 1.78 bits per heavy atom. The van der Waals surface area contributed by atoms with Crippen molar-refractivity contribution < 1.29 is 5.11 Å². The zero-order chi connectivity index (χ0) is 13.0. The quantitative estimate of drug-likeness (QED) is 0.833. The molecule has 0 amide bonds. The van der Waals surface area contributed by atoms with Crippen molar-refractivity contribution in [2.75, 3.05) is 5.75 Å². The number of aliphatic hydroxyl groups is 1. The van der Waals surface area contributed by atoms with Crippen LogP contribution in [0.1, 0.15) is 17.2 Å². The van der Waals surface area contributed by atoms with Crippen molar-refractivity contribution in [3.8, 4) is 0 Å². The standard InChI is InChI=1S/C15H15ClOS/c1-11-6-8-12(9-7-11)14(17)10-18-15-5-3-2-4-13(15)16/h2-9,14,17H,10H2,1H3. The Kier molecular flexibility index (Phi) is 4.70. The second-order valence-electron chi connectivity index (χ2n) is 4.17. The summed E-state index contributed by atoms with van der Waals surface area (Å²) in [5.41, 5.74) is 2.14. The van der Waals surface area contributed by atoms with Gasteiger partial charge in [0.05, 0.1) is 11.1 Å². The third-order valence-electron chi connectivity index (χ3n) is 2.70. The predicted molar refractivity (Wildman–Crippen MR) is 78.3 cm³/mol. The fourth-order valence-corrected chi connectivity index (χ4v) is 2.83. The van der Waals surface area contributed by atoms with E-state index < -0.39 is 6.10 Å². The largest absolute Gasteiger partial charge is 0.388 e. The van der Waals surface area contributed by atoms with Gasteiger partial charge in [0.25, 0.3) is 0 Å². The molecule has 0 aliphatic rings. The molecule has 2 aromatic rings. The zero-order valence-corrected chi connectivity index (χ0v) is 11.7. The molecule has 94 valence electrons. The van der Waals surface area contributed by atoms with E-state index in [1.54, 1.807) is 11.8 Å². The van der Waals surface area contributed by atoms with Gasteiger partial charge in [-0.05, 0) is 24.6 Å². The SMILES string of the molecule is Cc1ccc(C(O)CSc2ccccc2Cl)cc1. The summed E-state index contributed by atoms with van der Waals surface area (Å²) in [7, 11) is 0. The Morgan fingerprint density at radius 1 is 1.11 bits per heavy atom. The van der Waals surface area contributed by atoms with Crippen LogP contribution in [0.25, 0.3) is 0 Å². The first-order chi connectivity index (χ1) is 8.66. The van der Waals surface area contributed by atoms with Gasteiger partial charge in [-0.25, -0.2) is 0 Å². The number of benzene rings is 2. The normalized spacial score (nSPS) is 12.4. The average molecular weight is 279 g/mol. The monoisotopic (exact) mass is 278 g/mol. The summed E-state index contributed by atoms with van der Waals surface area (Å²) in [6.07, 6.45) is -0.466. The van der Waals surface area contributed by atoms with E-state index in [9.17, 15) is 5.11 Å². The van der Waals surface area contributed by atoms with E-state index in [0.717, 1.165) is 15.5 Å². The van der Waals surface area contributed by atoms with Gasteiger partial charge < -0.3 is 5.11 Å². The van der Waals surface area contributed by atoms with Crippen molar-refractivity contribution >= 4 is 23.4 Å². The molecule has 0 spiro atoms. The van der Waals surface area contributed by atoms with E-state index in [-0.39, 0.29) is 0 Å². The van der Waals surface area contributed by atoms with Gasteiger partial charge in [0.2, 0.25) is 0 Å². The summed E-state index contributed by atoms with van der Waals surface area (Å²) < 4.78 is 0. The molecule has 0 aliphatic heterocycles. The summed E-state index contributed by atoms with van der Waals surface area (Å²) >= 11 is 7.64. The van der Waals surface area contributed by atoms with Gasteiger partial charge >= 0.3 is 0 Å². The number of hydrogen-bond donors (Lipinski definition) is 1. The lowest BCUT2D eigenvalue weighted by molar-refractivity contribution is 0.204. The van der Waals surface area contributed by atoms with Crippen molar-refractivity contribution in [2.24, 2.45) is 0 Å². The molecule has 0 bridgehead atoms. The Labute approximate surface area is 117 Å². The fraction of sp³-hybridized carbons (Fsp3) is 0.200. The molecule has 0 heterocycles. The van der Waals surface area contributed by atoms with Crippen molar-refractivity contribution in [3.05, 3.63) is 64.7 Å². The van der Waals surface area contributed by atoms with Crippen LogP contribution >= 0.6 is 23.4 Å². The topological polar surface area (TPSA) is 20.2 Å². The second-order valence-corrected chi connectivity index (χ2v) is 5.64. The lowest BCUT2D eigenvalue weighted by Crippen LogP contribution is -2.00. The van der Waals surface area contributed by atoms with Crippen LogP contribution in [0, 0.1) is 6.92 Å². The molecular formula is C15H15ClOS. The number of rotatable bonds is 4. The van der Waals surface area contributed by atoms with Crippen LogP contribution in [-0.2, 0) is 0 Å². The lowest BCUT2D eigenvalue weighted by Gasteiger charge is -2.11. The molecule has 1 nitrogen and oxygen atoms in total. The second kappa shape index (κ2) is 6.28. The molecule has 2 aromatic carbocycles. The Morgan fingerprint density at radius 3 is 2.44 bits per heavy atom. The van der Waals surface area contributed by atoms with Crippen LogP contribution in [0.2, 0.25) is 5.02 Å². The summed E-state index contributed by atoms with van der Waals surface area (Å²) in [6, 6.07) is 15.6. The molecule has 3 heteroatoms. The zero-order valence-electron chi connectivity index (χ0n) is 10.1. The van der Waals surface area contributed by atoms with Crippen LogP contribution in [0.5, 0.6) is 0 Å². The third kappa shape index (κ3) is 3.52. The van der Waals surface area contributed by atoms with E-state index in [0.29, 0.717) is 5.75 Å². The summed E-state index contributed by atoms with van der Waals surface area (Å²) in [5.74, 6) is 0.604. The fourth-order valence-electron chi connectivity index (χ4n) is 1.62. The molecule has 1 N–H and O–H groups in total. The first-order valence-corrected chi connectivity index (χ1v) is 7.15. The highest BCUT2D eigenvalue weighted by Crippen LogP contribution is 2.30. The van der Waals surface area contributed by atoms with Gasteiger partial charge in [0.15, 0.2) is 0 Å². The van der Waals surface area contributed by atoms with Gasteiger partial charge in [-0.3, -0.25) is 0 Å². The van der Waals surface area contributed by atoms with Crippen LogP contribution in [0.3, 0.4) is 0 Å². The maximum atomic E-state index is 10.1. The van der Waals surface area contributed by atoms with E-state index >= 15 is 0 Å². The van der Waals surface area contributed by atoms with E-state index in [4.69, 9.17) is 11.6 Å². The molecule has 1 unspecified atom stereocenters. The van der Waals surface area contributed by atoms with Crippen LogP contribution in [0.4, 0.5) is 0 Å². The van der Waals surface area contributed by atoms with Gasteiger partial charge in [-0.2, -0.15) is 0 Å². The number of aliphatic hydroxyl groups excluding tert-OH is 1. The Bertz CT molecular complexity index is 510. The van der Waals surface area contributed by atoms with Gasteiger partial charge in [-0.1, -0.05) is 53.6 Å². The number of thioether (sulfide) groups is 1. The molecule has 0 fully saturated rings. The van der Waals surface area contributed by atoms with Gasteiger partial charge in [-0.15, -0.1) is 11.8 Å². The maximum Gasteiger partial charge on any atom is 0.0883 e. The van der Waals surface area contributed by atoms with E-state index in [1.807, 2.05) is 55.5 Å². The maximum absolute atomic E-state index is 10.1. The number of aryl methyl sites for hydroxylation is 1. The molecule has 0 radical (unpaired) electrons. The van der Waals surface area contributed by atoms with Crippen molar-refractivity contribution in [1.82, 2.24) is 0 Å². The highest BCUT2D eigenvalue weighted by molar-refractivity contribution is 7.99. The third-order valence-corrected chi connectivity index (χ3v) is 4.29. The van der Waals surface area contributed by atoms with Gasteiger partial charge in [0, 0.05) is 10.6 Å². The van der Waals surface area contributed by atoms with Crippen LogP contribution in [0.15, 0.2) is 53.4 Å². The molecular weight excluding hydrogens is 264 g/mol. The molecule has 0 aromatic heterocycles. The summed E-state index contributed by atoms with van der Waals surface area (Å²) in [6.45, 7) is 2.04. The molecule has 0 saturated heterocycles. The Balaban J connectivity index is 1.98. The molecule has 0 saturated carbocycles. The minimum atomic E-state index is -0.466. The van der Waals surface area contributed by atoms with Crippen molar-refractivity contribution in [3.63, 3.8) is 0 Å². The predicted octanol–water partition coefficient (Wildman–Crippen LogP) is 4.47. The van der Waals surface area contributed by atoms with Crippen molar-refractivity contribution in [1.29, 1.82) is 0 Å². The Hall–Kier alpha value is -0.960. The van der Waals surface area contributed by atoms with E-state index in [2.05, 4.69) is 0 Å². The first kappa shape index (κ1) is 13.5. The summed E-state index contributed by atoms with van der Waals surface area (Å²) in [4.78, 5) is 1.00. The van der Waals surface area contributed by atoms with Crippen molar-refractivity contribution in [2.45, 2.75) is 17.9 Å². The van der Waals surface area contributed by atoms with Crippen LogP contribution in [-0.4, -0.2) is 10.9 Å². The minimum absolute atomic E-state index is 0.466. The average Bonchev–Trinajstić information content (AvgIpc) is 2.38. The highest BCUT2D eigenvalue weighted by atomic mass is 35.5. The summed E-state index contributed by atoms with van der Waals surface area (Å²) in [5, 5.41) is 10.8. The molecule has 0 aliphatic carbocycles. The highest BCUT2D eigenvalue weighted by Gasteiger charge is 2.09. The molecule has 2 rings (SSSR count). The minimum Gasteiger partial charge on any atom is -0.388 e. The first-order valence-electron chi connectivity index (χ1n) is 5.79. The van der Waals surface area contributed by atoms with E-state index in [1.165, 1.54) is 5.56 Å². The lowest BCUT2D eigenvalue weighted by atomic mass is 10.1. The molecule has 18 heavy (non-hydrogen) atoms. The smallest absolute Gasteiger partial charge is 0.0883 e. The number of halogens is 1. The number of hydrogen-bond acceptors (Lipinski definition) is 2.